The molecule has 1 amide bonds. The van der Waals surface area contributed by atoms with Crippen molar-refractivity contribution in [2.75, 3.05) is 18.1 Å². The molecule has 0 aliphatic heterocycles. The summed E-state index contributed by atoms with van der Waals surface area (Å²) >= 11 is 1.60. The fourth-order valence-electron chi connectivity index (χ4n) is 0.969. The van der Waals surface area contributed by atoms with E-state index in [1.165, 1.54) is 12.8 Å². The van der Waals surface area contributed by atoms with Crippen LogP contribution in [0.3, 0.4) is 0 Å². The Morgan fingerprint density at radius 1 is 1.69 bits per heavy atom. The Labute approximate surface area is 83.8 Å². The zero-order valence-electron chi connectivity index (χ0n) is 8.08. The number of amides is 1. The van der Waals surface area contributed by atoms with Gasteiger partial charge in [0.25, 0.3) is 0 Å². The van der Waals surface area contributed by atoms with Crippen LogP contribution in [0, 0.1) is 5.92 Å². The van der Waals surface area contributed by atoms with Gasteiger partial charge in [0, 0.05) is 18.3 Å². The van der Waals surface area contributed by atoms with Gasteiger partial charge in [0.1, 0.15) is 0 Å². The summed E-state index contributed by atoms with van der Waals surface area (Å²) in [6.45, 7) is 2.83. The Morgan fingerprint density at radius 2 is 2.38 bits per heavy atom. The zero-order valence-corrected chi connectivity index (χ0v) is 8.90. The molecule has 0 aromatic rings. The average Bonchev–Trinajstić information content (AvgIpc) is 2.83. The van der Waals surface area contributed by atoms with Gasteiger partial charge in [-0.25, -0.2) is 0 Å². The standard InChI is InChI=1S/C9H18N2OS/c1-7(10)5-13-6-9(12)11-4-8-2-3-8/h7-8H,2-6,10H2,1H3,(H,11,12). The van der Waals surface area contributed by atoms with Crippen molar-refractivity contribution in [3.63, 3.8) is 0 Å². The van der Waals surface area contributed by atoms with Crippen LogP contribution in [-0.4, -0.2) is 30.0 Å². The molecule has 0 bridgehead atoms. The number of nitrogens with two attached hydrogens (primary N) is 1. The van der Waals surface area contributed by atoms with Crippen molar-refractivity contribution in [3.8, 4) is 0 Å². The Balaban J connectivity index is 1.90. The highest BCUT2D eigenvalue weighted by molar-refractivity contribution is 7.99. The molecule has 4 heteroatoms. The van der Waals surface area contributed by atoms with Crippen LogP contribution >= 0.6 is 11.8 Å². The molecule has 0 saturated heterocycles. The van der Waals surface area contributed by atoms with Crippen LogP contribution in [0.25, 0.3) is 0 Å². The number of carbonyl (C=O) groups excluding carboxylic acids is 1. The lowest BCUT2D eigenvalue weighted by atomic mass is 10.4. The second-order valence-corrected chi connectivity index (χ2v) is 4.77. The SMILES string of the molecule is CC(N)CSCC(=O)NCC1CC1. The molecule has 1 aliphatic carbocycles. The molecule has 0 spiro atoms. The second kappa shape index (κ2) is 5.50. The Kier molecular flexibility index (Phi) is 4.59. The molecule has 0 radical (unpaired) electrons. The van der Waals surface area contributed by atoms with Crippen molar-refractivity contribution < 1.29 is 4.79 Å². The lowest BCUT2D eigenvalue weighted by Crippen LogP contribution is -2.28. The Bertz CT molecular complexity index is 169. The first-order valence-electron chi connectivity index (χ1n) is 4.78. The second-order valence-electron chi connectivity index (χ2n) is 3.74. The van der Waals surface area contributed by atoms with E-state index in [4.69, 9.17) is 5.73 Å². The van der Waals surface area contributed by atoms with Crippen molar-refractivity contribution in [1.82, 2.24) is 5.32 Å². The molecule has 1 aliphatic rings. The van der Waals surface area contributed by atoms with Gasteiger partial charge < -0.3 is 11.1 Å². The summed E-state index contributed by atoms with van der Waals surface area (Å²) in [6, 6.07) is 0.182. The summed E-state index contributed by atoms with van der Waals surface area (Å²) in [5.41, 5.74) is 5.56. The van der Waals surface area contributed by atoms with Gasteiger partial charge in [0.15, 0.2) is 0 Å². The maximum Gasteiger partial charge on any atom is 0.230 e. The van der Waals surface area contributed by atoms with Gasteiger partial charge in [-0.05, 0) is 25.7 Å². The molecule has 1 saturated carbocycles. The van der Waals surface area contributed by atoms with E-state index in [1.807, 2.05) is 6.92 Å². The van der Waals surface area contributed by atoms with Crippen LogP contribution in [0.4, 0.5) is 0 Å². The minimum atomic E-state index is 0.151. The topological polar surface area (TPSA) is 55.1 Å². The average molecular weight is 202 g/mol. The van der Waals surface area contributed by atoms with Crippen LogP contribution in [0.15, 0.2) is 0 Å². The van der Waals surface area contributed by atoms with Crippen LogP contribution in [-0.2, 0) is 4.79 Å². The first-order valence-corrected chi connectivity index (χ1v) is 5.94. The third-order valence-electron chi connectivity index (χ3n) is 1.90. The zero-order chi connectivity index (χ0) is 9.68. The van der Waals surface area contributed by atoms with E-state index < -0.39 is 0 Å². The number of rotatable bonds is 6. The van der Waals surface area contributed by atoms with E-state index in [2.05, 4.69) is 5.32 Å². The van der Waals surface area contributed by atoms with Gasteiger partial charge in [-0.3, -0.25) is 4.79 Å². The van der Waals surface area contributed by atoms with E-state index in [1.54, 1.807) is 11.8 Å². The van der Waals surface area contributed by atoms with Gasteiger partial charge in [-0.15, -0.1) is 0 Å². The van der Waals surface area contributed by atoms with Crippen molar-refractivity contribution >= 4 is 17.7 Å². The van der Waals surface area contributed by atoms with Crippen molar-refractivity contribution in [2.45, 2.75) is 25.8 Å². The molecular weight excluding hydrogens is 184 g/mol. The van der Waals surface area contributed by atoms with Gasteiger partial charge >= 0.3 is 0 Å². The minimum Gasteiger partial charge on any atom is -0.355 e. The van der Waals surface area contributed by atoms with Gasteiger partial charge in [-0.2, -0.15) is 11.8 Å². The molecule has 1 fully saturated rings. The quantitative estimate of drug-likeness (QED) is 0.663. The molecule has 76 valence electrons. The maximum absolute atomic E-state index is 11.2. The highest BCUT2D eigenvalue weighted by Crippen LogP contribution is 2.27. The molecule has 13 heavy (non-hydrogen) atoms. The van der Waals surface area contributed by atoms with E-state index in [0.717, 1.165) is 18.2 Å². The van der Waals surface area contributed by atoms with E-state index in [9.17, 15) is 4.79 Å². The monoisotopic (exact) mass is 202 g/mol. The molecule has 1 unspecified atom stereocenters. The first kappa shape index (κ1) is 10.9. The molecule has 0 heterocycles. The van der Waals surface area contributed by atoms with Gasteiger partial charge in [-0.1, -0.05) is 0 Å². The highest BCUT2D eigenvalue weighted by Gasteiger charge is 2.21. The predicted octanol–water partition coefficient (Wildman–Crippen LogP) is 0.593. The number of nitrogens with one attached hydrogen (secondary N) is 1. The van der Waals surface area contributed by atoms with Crippen molar-refractivity contribution in [1.29, 1.82) is 0 Å². The lowest BCUT2D eigenvalue weighted by Gasteiger charge is -2.05. The number of carbonyl (C=O) groups is 1. The first-order chi connectivity index (χ1) is 6.18. The summed E-state index contributed by atoms with van der Waals surface area (Å²) in [7, 11) is 0. The minimum absolute atomic E-state index is 0.151. The largest absolute Gasteiger partial charge is 0.355 e. The molecular formula is C9H18N2OS. The molecule has 1 rings (SSSR count). The third-order valence-corrected chi connectivity index (χ3v) is 3.13. The number of thioether (sulfide) groups is 1. The summed E-state index contributed by atoms with van der Waals surface area (Å²) in [5.74, 6) is 2.32. The van der Waals surface area contributed by atoms with Crippen molar-refractivity contribution in [2.24, 2.45) is 11.7 Å². The van der Waals surface area contributed by atoms with E-state index in [0.29, 0.717) is 5.75 Å². The fraction of sp³-hybridized carbons (Fsp3) is 0.889. The van der Waals surface area contributed by atoms with Crippen LogP contribution < -0.4 is 11.1 Å². The molecule has 3 nitrogen and oxygen atoms in total. The van der Waals surface area contributed by atoms with Crippen LogP contribution in [0.1, 0.15) is 19.8 Å². The van der Waals surface area contributed by atoms with Crippen molar-refractivity contribution in [3.05, 3.63) is 0 Å². The molecule has 3 N–H and O–H groups in total. The van der Waals surface area contributed by atoms with E-state index >= 15 is 0 Å². The number of hydrogen-bond donors (Lipinski definition) is 2. The molecule has 0 aromatic heterocycles. The van der Waals surface area contributed by atoms with Crippen LogP contribution in [0.2, 0.25) is 0 Å². The Morgan fingerprint density at radius 3 is 2.92 bits per heavy atom. The Hall–Kier alpha value is -0.220. The summed E-state index contributed by atoms with van der Waals surface area (Å²) < 4.78 is 0. The highest BCUT2D eigenvalue weighted by atomic mass is 32.2. The number of hydrogen-bond acceptors (Lipinski definition) is 3. The summed E-state index contributed by atoms with van der Waals surface area (Å²) in [6.07, 6.45) is 2.57. The molecule has 1 atom stereocenters. The summed E-state index contributed by atoms with van der Waals surface area (Å²) in [4.78, 5) is 11.2. The normalized spacial score (nSPS) is 18.3. The predicted molar refractivity (Wildman–Crippen MR) is 56.7 cm³/mol. The van der Waals surface area contributed by atoms with Gasteiger partial charge in [0.05, 0.1) is 5.75 Å². The third kappa shape index (κ3) is 5.93. The maximum atomic E-state index is 11.2. The fourth-order valence-corrected chi connectivity index (χ4v) is 1.75. The van der Waals surface area contributed by atoms with Gasteiger partial charge in [0.2, 0.25) is 5.91 Å². The van der Waals surface area contributed by atoms with E-state index in [-0.39, 0.29) is 11.9 Å². The summed E-state index contributed by atoms with van der Waals surface area (Å²) in [5, 5.41) is 2.92. The molecule has 0 aromatic carbocycles. The smallest absolute Gasteiger partial charge is 0.230 e. The van der Waals surface area contributed by atoms with Crippen LogP contribution in [0.5, 0.6) is 0 Å². The lowest BCUT2D eigenvalue weighted by molar-refractivity contribution is -0.118.